The maximum atomic E-state index is 13.0. The lowest BCUT2D eigenvalue weighted by molar-refractivity contribution is -0.143. The minimum atomic E-state index is -4.35. The average Bonchev–Trinajstić information content (AvgIpc) is 2.95. The number of para-hydroxylation sites is 1. The SMILES string of the molecule is COc1ccccc1Cc1nc([C@@H]2CCC[C@H](N)C2)n(CC(F)(F)F)n1. The molecule has 8 heteroatoms. The van der Waals surface area contributed by atoms with Crippen LogP contribution in [0.15, 0.2) is 24.3 Å². The van der Waals surface area contributed by atoms with Crippen molar-refractivity contribution in [1.29, 1.82) is 0 Å². The fourth-order valence-electron chi connectivity index (χ4n) is 3.55. The number of hydrogen-bond acceptors (Lipinski definition) is 4. The Bertz CT molecular complexity index is 744. The molecule has 26 heavy (non-hydrogen) atoms. The number of ether oxygens (including phenoxy) is 1. The van der Waals surface area contributed by atoms with Crippen LogP contribution in [0.3, 0.4) is 0 Å². The largest absolute Gasteiger partial charge is 0.496 e. The predicted molar refractivity (Wildman–Crippen MR) is 91.1 cm³/mol. The summed E-state index contributed by atoms with van der Waals surface area (Å²) in [6.07, 6.45) is -0.797. The Morgan fingerprint density at radius 3 is 2.73 bits per heavy atom. The van der Waals surface area contributed by atoms with E-state index in [1.165, 1.54) is 0 Å². The summed E-state index contributed by atoms with van der Waals surface area (Å²) in [7, 11) is 1.56. The van der Waals surface area contributed by atoms with Crippen LogP contribution in [0.1, 0.15) is 48.8 Å². The summed E-state index contributed by atoms with van der Waals surface area (Å²) in [6, 6.07) is 7.36. The van der Waals surface area contributed by atoms with Crippen LogP contribution < -0.4 is 10.5 Å². The number of halogens is 3. The quantitative estimate of drug-likeness (QED) is 0.878. The molecule has 0 unspecified atom stereocenters. The van der Waals surface area contributed by atoms with Crippen LogP contribution in [-0.2, 0) is 13.0 Å². The third-order valence-electron chi connectivity index (χ3n) is 4.69. The van der Waals surface area contributed by atoms with Gasteiger partial charge in [0, 0.05) is 23.9 Å². The first-order chi connectivity index (χ1) is 12.4. The van der Waals surface area contributed by atoms with Gasteiger partial charge in [-0.25, -0.2) is 9.67 Å². The standard InChI is InChI=1S/C18H23F3N4O/c1-26-15-8-3-2-5-12(15)10-16-23-17(13-6-4-7-14(22)9-13)25(24-16)11-18(19,20)21/h2-3,5,8,13-14H,4,6-7,9-11,22H2,1H3/t13-,14+/m1/s1. The van der Waals surface area contributed by atoms with Gasteiger partial charge in [-0.2, -0.15) is 18.3 Å². The molecule has 1 aliphatic carbocycles. The van der Waals surface area contributed by atoms with E-state index in [1.54, 1.807) is 7.11 Å². The second kappa shape index (κ2) is 7.65. The normalized spacial score (nSPS) is 21.0. The zero-order valence-electron chi connectivity index (χ0n) is 14.7. The Labute approximate surface area is 150 Å². The zero-order valence-corrected chi connectivity index (χ0v) is 14.7. The molecule has 2 N–H and O–H groups in total. The van der Waals surface area contributed by atoms with Gasteiger partial charge in [-0.15, -0.1) is 0 Å². The topological polar surface area (TPSA) is 66.0 Å². The molecule has 0 amide bonds. The summed E-state index contributed by atoms with van der Waals surface area (Å²) in [5, 5.41) is 4.16. The minimum absolute atomic E-state index is 0.00227. The van der Waals surface area contributed by atoms with Gasteiger partial charge in [0.1, 0.15) is 18.1 Å². The molecule has 0 radical (unpaired) electrons. The van der Waals surface area contributed by atoms with E-state index in [2.05, 4.69) is 10.1 Å². The zero-order chi connectivity index (χ0) is 18.7. The first-order valence-corrected chi connectivity index (χ1v) is 8.73. The third-order valence-corrected chi connectivity index (χ3v) is 4.69. The fraction of sp³-hybridized carbons (Fsp3) is 0.556. The van der Waals surface area contributed by atoms with Crippen LogP contribution in [0, 0.1) is 0 Å². The summed E-state index contributed by atoms with van der Waals surface area (Å²) in [5.41, 5.74) is 6.85. The van der Waals surface area contributed by atoms with E-state index in [1.807, 2.05) is 24.3 Å². The van der Waals surface area contributed by atoms with E-state index in [4.69, 9.17) is 10.5 Å². The average molecular weight is 368 g/mol. The van der Waals surface area contributed by atoms with E-state index in [0.29, 0.717) is 30.2 Å². The number of hydrogen-bond donors (Lipinski definition) is 1. The molecular formula is C18H23F3N4O. The summed E-state index contributed by atoms with van der Waals surface area (Å²) >= 11 is 0. The van der Waals surface area contributed by atoms with Crippen LogP contribution in [0.25, 0.3) is 0 Å². The highest BCUT2D eigenvalue weighted by molar-refractivity contribution is 5.35. The maximum absolute atomic E-state index is 13.0. The summed E-state index contributed by atoms with van der Waals surface area (Å²) in [6.45, 7) is -1.13. The van der Waals surface area contributed by atoms with E-state index in [-0.39, 0.29) is 12.0 Å². The van der Waals surface area contributed by atoms with Crippen molar-refractivity contribution in [3.05, 3.63) is 41.5 Å². The van der Waals surface area contributed by atoms with Gasteiger partial charge in [-0.05, 0) is 25.3 Å². The number of rotatable bonds is 5. The molecule has 5 nitrogen and oxygen atoms in total. The highest BCUT2D eigenvalue weighted by atomic mass is 19.4. The van der Waals surface area contributed by atoms with Gasteiger partial charge in [0.05, 0.1) is 7.11 Å². The van der Waals surface area contributed by atoms with Crippen LogP contribution in [0.4, 0.5) is 13.2 Å². The lowest BCUT2D eigenvalue weighted by Gasteiger charge is -2.26. The van der Waals surface area contributed by atoms with Crippen molar-refractivity contribution in [1.82, 2.24) is 14.8 Å². The highest BCUT2D eigenvalue weighted by Gasteiger charge is 2.33. The molecule has 3 rings (SSSR count). The molecule has 0 bridgehead atoms. The number of methoxy groups -OCH3 is 1. The van der Waals surface area contributed by atoms with E-state index in [9.17, 15) is 13.2 Å². The van der Waals surface area contributed by atoms with Crippen molar-refractivity contribution < 1.29 is 17.9 Å². The van der Waals surface area contributed by atoms with Gasteiger partial charge in [0.15, 0.2) is 5.82 Å². The Hall–Kier alpha value is -2.09. The monoisotopic (exact) mass is 368 g/mol. The summed E-state index contributed by atoms with van der Waals surface area (Å²) in [5.74, 6) is 1.34. The van der Waals surface area contributed by atoms with Crippen molar-refractivity contribution in [3.8, 4) is 5.75 Å². The van der Waals surface area contributed by atoms with E-state index >= 15 is 0 Å². The van der Waals surface area contributed by atoms with Crippen LogP contribution in [0.2, 0.25) is 0 Å². The number of nitrogens with zero attached hydrogens (tertiary/aromatic N) is 3. The van der Waals surface area contributed by atoms with Crippen molar-refractivity contribution in [3.63, 3.8) is 0 Å². The van der Waals surface area contributed by atoms with Gasteiger partial charge in [0.25, 0.3) is 0 Å². The molecule has 0 spiro atoms. The molecular weight excluding hydrogens is 345 g/mol. The molecule has 2 aromatic rings. The Balaban J connectivity index is 1.90. The van der Waals surface area contributed by atoms with Gasteiger partial charge in [0.2, 0.25) is 0 Å². The van der Waals surface area contributed by atoms with Gasteiger partial charge >= 0.3 is 6.18 Å². The molecule has 0 aliphatic heterocycles. The molecule has 1 aromatic carbocycles. The fourth-order valence-corrected chi connectivity index (χ4v) is 3.55. The summed E-state index contributed by atoms with van der Waals surface area (Å²) < 4.78 is 45.3. The Morgan fingerprint density at radius 1 is 1.27 bits per heavy atom. The van der Waals surface area contributed by atoms with Crippen molar-refractivity contribution >= 4 is 0 Å². The molecule has 0 saturated heterocycles. The number of benzene rings is 1. The van der Waals surface area contributed by atoms with E-state index < -0.39 is 12.7 Å². The first kappa shape index (κ1) is 18.7. The van der Waals surface area contributed by atoms with Crippen LogP contribution in [-0.4, -0.2) is 34.1 Å². The van der Waals surface area contributed by atoms with Gasteiger partial charge in [-0.1, -0.05) is 24.6 Å². The lowest BCUT2D eigenvalue weighted by atomic mass is 9.85. The number of aromatic nitrogens is 3. The van der Waals surface area contributed by atoms with Gasteiger partial charge in [-0.3, -0.25) is 0 Å². The Kier molecular flexibility index (Phi) is 5.50. The minimum Gasteiger partial charge on any atom is -0.496 e. The molecule has 1 heterocycles. The summed E-state index contributed by atoms with van der Waals surface area (Å²) in [4.78, 5) is 4.46. The van der Waals surface area contributed by atoms with Crippen LogP contribution in [0.5, 0.6) is 5.75 Å². The molecule has 1 aliphatic rings. The Morgan fingerprint density at radius 2 is 2.04 bits per heavy atom. The lowest BCUT2D eigenvalue weighted by Crippen LogP contribution is -2.29. The number of alkyl halides is 3. The molecule has 1 aromatic heterocycles. The molecule has 142 valence electrons. The van der Waals surface area contributed by atoms with Crippen molar-refractivity contribution in [2.45, 2.75) is 56.8 Å². The number of nitrogens with two attached hydrogens (primary N) is 1. The molecule has 1 saturated carbocycles. The van der Waals surface area contributed by atoms with Crippen molar-refractivity contribution in [2.24, 2.45) is 5.73 Å². The van der Waals surface area contributed by atoms with Gasteiger partial charge < -0.3 is 10.5 Å². The molecule has 1 fully saturated rings. The van der Waals surface area contributed by atoms with Crippen molar-refractivity contribution in [2.75, 3.05) is 7.11 Å². The maximum Gasteiger partial charge on any atom is 0.408 e. The second-order valence-electron chi connectivity index (χ2n) is 6.77. The predicted octanol–water partition coefficient (Wildman–Crippen LogP) is 3.42. The van der Waals surface area contributed by atoms with E-state index in [0.717, 1.165) is 29.5 Å². The second-order valence-corrected chi connectivity index (χ2v) is 6.77. The van der Waals surface area contributed by atoms with Crippen LogP contribution >= 0.6 is 0 Å². The smallest absolute Gasteiger partial charge is 0.408 e. The molecule has 2 atom stereocenters. The third kappa shape index (κ3) is 4.55. The first-order valence-electron chi connectivity index (χ1n) is 8.73. The highest BCUT2D eigenvalue weighted by Crippen LogP contribution is 2.32.